The number of aryl methyl sites for hydroxylation is 4. The topological polar surface area (TPSA) is 44.2 Å². The second kappa shape index (κ2) is 20.4. The molecule has 0 spiro atoms. The highest BCUT2D eigenvalue weighted by molar-refractivity contribution is 7.35. The van der Waals surface area contributed by atoms with Gasteiger partial charge >= 0.3 is 0 Å². The molecule has 0 atom stereocenters. The summed E-state index contributed by atoms with van der Waals surface area (Å²) in [5, 5.41) is 0. The predicted molar refractivity (Wildman–Crippen MR) is 295 cm³/mol. The lowest BCUT2D eigenvalue weighted by Crippen LogP contribution is -1.99. The third-order valence-electron chi connectivity index (χ3n) is 11.6. The Balaban J connectivity index is 0.987. The molecule has 0 saturated heterocycles. The molecule has 0 radical (unpaired) electrons. The third-order valence-corrected chi connectivity index (χ3v) is 22.6. The Morgan fingerprint density at radius 2 is 0.723 bits per heavy atom. The van der Waals surface area contributed by atoms with Gasteiger partial charge in [-0.15, -0.1) is 90.7 Å². The standard InChI is InChI=1S/C52H52N2O2S9/c1-7-11-33-45(39-17-13-29(5)57-39)61-52-36(24-28-56-26-10-4)48(64-49(33)52)42-22-20-38(60-42)32-16-15-31(43-44(32)54-65-53-43)37-19-21-41(59-37)46-34(12-8-2)50-51(62-46)35(23-27-55-25-9-3)47(63-50)40-18-14-30(6)58-40/h13-22H,7-12,23-28H2,1-6H3. The van der Waals surface area contributed by atoms with Crippen molar-refractivity contribution in [2.75, 3.05) is 26.4 Å². The second-order valence-corrected chi connectivity index (χ2v) is 25.8. The first-order chi connectivity index (χ1) is 31.9. The molecular weight excluding hydrogens is 973 g/mol. The van der Waals surface area contributed by atoms with E-state index in [1.165, 1.54) is 111 Å². The van der Waals surface area contributed by atoms with Crippen LogP contribution < -0.4 is 0 Å². The summed E-state index contributed by atoms with van der Waals surface area (Å²) in [4.78, 5) is 16.4. The molecular formula is C52H52N2O2S9. The first-order valence-electron chi connectivity index (χ1n) is 22.8. The Hall–Kier alpha value is -2.92. The summed E-state index contributed by atoms with van der Waals surface area (Å²) in [6, 6.07) is 23.0. The van der Waals surface area contributed by atoms with Crippen LogP contribution in [-0.4, -0.2) is 35.2 Å². The maximum Gasteiger partial charge on any atom is 0.114 e. The minimum Gasteiger partial charge on any atom is -0.381 e. The minimum atomic E-state index is 0.743. The van der Waals surface area contributed by atoms with Crippen molar-refractivity contribution >= 4 is 132 Å². The van der Waals surface area contributed by atoms with Crippen molar-refractivity contribution in [1.29, 1.82) is 0 Å². The van der Waals surface area contributed by atoms with Gasteiger partial charge in [0, 0.05) is 102 Å². The summed E-state index contributed by atoms with van der Waals surface area (Å²) < 4.78 is 28.0. The van der Waals surface area contributed by atoms with Crippen molar-refractivity contribution in [2.45, 2.75) is 92.9 Å². The maximum atomic E-state index is 6.13. The lowest BCUT2D eigenvalue weighted by Gasteiger charge is -2.06. The fourth-order valence-electron chi connectivity index (χ4n) is 8.68. The average molecular weight is 1030 g/mol. The molecule has 0 aliphatic carbocycles. The number of thiophene rings is 8. The van der Waals surface area contributed by atoms with Crippen LogP contribution in [-0.2, 0) is 35.2 Å². The van der Waals surface area contributed by atoms with Gasteiger partial charge in [0.25, 0.3) is 0 Å². The zero-order valence-corrected chi connectivity index (χ0v) is 45.0. The van der Waals surface area contributed by atoms with E-state index in [1.807, 2.05) is 90.7 Å². The van der Waals surface area contributed by atoms with E-state index < -0.39 is 0 Å². The number of aromatic nitrogens is 2. The van der Waals surface area contributed by atoms with Crippen LogP contribution in [0.5, 0.6) is 0 Å². The highest BCUT2D eigenvalue weighted by Crippen LogP contribution is 2.54. The van der Waals surface area contributed by atoms with Crippen LogP contribution in [0.2, 0.25) is 0 Å². The summed E-state index contributed by atoms with van der Waals surface area (Å²) >= 11 is 16.9. The molecule has 65 heavy (non-hydrogen) atoms. The lowest BCUT2D eigenvalue weighted by atomic mass is 10.1. The van der Waals surface area contributed by atoms with Crippen LogP contribution in [0.3, 0.4) is 0 Å². The van der Waals surface area contributed by atoms with Gasteiger partial charge < -0.3 is 9.47 Å². The molecule has 0 aliphatic rings. The highest BCUT2D eigenvalue weighted by Gasteiger charge is 2.26. The van der Waals surface area contributed by atoms with E-state index in [1.54, 1.807) is 0 Å². The molecule has 10 rings (SSSR count). The van der Waals surface area contributed by atoms with Crippen molar-refractivity contribution in [3.8, 4) is 59.9 Å². The van der Waals surface area contributed by atoms with Gasteiger partial charge in [0.05, 0.1) is 24.9 Å². The molecule has 0 amide bonds. The van der Waals surface area contributed by atoms with Crippen LogP contribution in [0.15, 0.2) is 60.7 Å². The fraction of sp³-hybridized carbons (Fsp3) is 0.346. The summed E-state index contributed by atoms with van der Waals surface area (Å²) in [6.07, 6.45) is 8.36. The van der Waals surface area contributed by atoms with E-state index in [0.717, 1.165) is 100.0 Å². The van der Waals surface area contributed by atoms with Gasteiger partial charge in [-0.2, -0.15) is 8.75 Å². The van der Waals surface area contributed by atoms with Crippen molar-refractivity contribution in [2.24, 2.45) is 0 Å². The molecule has 1 aromatic carbocycles. The number of hydrogen-bond donors (Lipinski definition) is 0. The summed E-state index contributed by atoms with van der Waals surface area (Å²) in [7, 11) is 0. The lowest BCUT2D eigenvalue weighted by molar-refractivity contribution is 0.138. The Kier molecular flexibility index (Phi) is 14.4. The highest BCUT2D eigenvalue weighted by atomic mass is 32.1. The van der Waals surface area contributed by atoms with Crippen LogP contribution in [0.4, 0.5) is 0 Å². The molecule has 0 N–H and O–H groups in total. The summed E-state index contributed by atoms with van der Waals surface area (Å²) in [5.74, 6) is 0. The van der Waals surface area contributed by atoms with E-state index in [2.05, 4.69) is 102 Å². The van der Waals surface area contributed by atoms with E-state index in [4.69, 9.17) is 18.2 Å². The molecule has 9 heterocycles. The number of fused-ring (bicyclic) bond motifs is 3. The van der Waals surface area contributed by atoms with Gasteiger partial charge in [0.15, 0.2) is 0 Å². The minimum absolute atomic E-state index is 0.743. The molecule has 0 bridgehead atoms. The molecule has 13 heteroatoms. The van der Waals surface area contributed by atoms with Crippen LogP contribution >= 0.6 is 102 Å². The molecule has 0 aliphatic heterocycles. The monoisotopic (exact) mass is 1020 g/mol. The van der Waals surface area contributed by atoms with Gasteiger partial charge in [-0.3, -0.25) is 0 Å². The first kappa shape index (κ1) is 45.8. The zero-order chi connectivity index (χ0) is 44.6. The predicted octanol–water partition coefficient (Wildman–Crippen LogP) is 19.0. The summed E-state index contributed by atoms with van der Waals surface area (Å²) in [6.45, 7) is 16.5. The zero-order valence-electron chi connectivity index (χ0n) is 37.6. The van der Waals surface area contributed by atoms with Gasteiger partial charge in [0.1, 0.15) is 11.0 Å². The van der Waals surface area contributed by atoms with Crippen LogP contribution in [0.1, 0.15) is 85.4 Å². The number of rotatable bonds is 20. The number of ether oxygens (including phenoxy) is 2. The fourth-order valence-corrected chi connectivity index (χ4v) is 19.7. The molecule has 9 aromatic heterocycles. The normalized spacial score (nSPS) is 12.1. The Morgan fingerprint density at radius 1 is 0.369 bits per heavy atom. The number of nitrogens with zero attached hydrogens (tertiary/aromatic N) is 2. The van der Waals surface area contributed by atoms with Gasteiger partial charge in [-0.1, -0.05) is 52.7 Å². The van der Waals surface area contributed by atoms with E-state index in [9.17, 15) is 0 Å². The van der Waals surface area contributed by atoms with E-state index in [-0.39, 0.29) is 0 Å². The summed E-state index contributed by atoms with van der Waals surface area (Å²) in [5.41, 5.74) is 10.3. The van der Waals surface area contributed by atoms with E-state index in [0.29, 0.717) is 0 Å². The first-order valence-corrected chi connectivity index (χ1v) is 30.0. The van der Waals surface area contributed by atoms with Crippen LogP contribution in [0.25, 0.3) is 89.7 Å². The Morgan fingerprint density at radius 3 is 1.08 bits per heavy atom. The van der Waals surface area contributed by atoms with Gasteiger partial charge in [-0.05, 0) is 123 Å². The number of benzene rings is 1. The third kappa shape index (κ3) is 8.98. The van der Waals surface area contributed by atoms with Gasteiger partial charge in [-0.25, -0.2) is 0 Å². The van der Waals surface area contributed by atoms with Crippen molar-refractivity contribution in [3.05, 3.63) is 92.7 Å². The molecule has 336 valence electrons. The van der Waals surface area contributed by atoms with Gasteiger partial charge in [0.2, 0.25) is 0 Å². The quantitative estimate of drug-likeness (QED) is 0.0714. The van der Waals surface area contributed by atoms with Crippen molar-refractivity contribution in [3.63, 3.8) is 0 Å². The maximum absolute atomic E-state index is 6.13. The van der Waals surface area contributed by atoms with E-state index >= 15 is 0 Å². The molecule has 10 aromatic rings. The SMILES string of the molecule is CCCOCCc1c(-c2ccc(C)s2)sc2c(CCC)c(-c3ccc(-c4ccc(-c5ccc(-c6sc7c(CCC)c(-c8ccc(C)s8)sc7c6CCOCCC)s5)c5nsnc45)s3)sc12. The Labute approximate surface area is 418 Å². The van der Waals surface area contributed by atoms with Crippen LogP contribution in [0, 0.1) is 13.8 Å². The smallest absolute Gasteiger partial charge is 0.114 e. The average Bonchev–Trinajstić information content (AvgIpc) is 4.14. The molecule has 0 fully saturated rings. The van der Waals surface area contributed by atoms with Crippen molar-refractivity contribution < 1.29 is 9.47 Å². The Bertz CT molecular complexity index is 3220. The molecule has 4 nitrogen and oxygen atoms in total. The largest absolute Gasteiger partial charge is 0.381 e. The van der Waals surface area contributed by atoms with Crippen molar-refractivity contribution in [1.82, 2.24) is 8.75 Å². The molecule has 0 unspecified atom stereocenters. The number of hydrogen-bond acceptors (Lipinski definition) is 13. The molecule has 0 saturated carbocycles. The second-order valence-electron chi connectivity index (χ2n) is 16.5.